The standard InChI is InChI=1S/C12H16F2N2O4S.ClH/c1-8-3-4-9(5-10(8)11(17)20-2)21(18,19)16-7-12(13,14)6-15;/h3-5,16H,6-7,15H2,1-2H3;1H. The normalized spacial score (nSPS) is 11.7. The zero-order valence-corrected chi connectivity index (χ0v) is 13.6. The summed E-state index contributed by atoms with van der Waals surface area (Å²) in [6.07, 6.45) is 0. The van der Waals surface area contributed by atoms with Crippen molar-refractivity contribution < 1.29 is 26.7 Å². The number of esters is 1. The molecule has 0 radical (unpaired) electrons. The third-order valence-corrected chi connectivity index (χ3v) is 4.14. The van der Waals surface area contributed by atoms with Crippen molar-refractivity contribution in [3.05, 3.63) is 29.3 Å². The number of aryl methyl sites for hydroxylation is 1. The number of hydrogen-bond acceptors (Lipinski definition) is 5. The van der Waals surface area contributed by atoms with E-state index in [0.717, 1.165) is 13.2 Å². The Balaban J connectivity index is 0.00000441. The van der Waals surface area contributed by atoms with Crippen molar-refractivity contribution in [3.63, 3.8) is 0 Å². The molecule has 0 saturated carbocycles. The molecule has 0 heterocycles. The molecule has 0 aromatic heterocycles. The minimum atomic E-state index is -4.18. The Bertz CT molecular complexity index is 638. The first-order valence-corrected chi connectivity index (χ1v) is 7.38. The van der Waals surface area contributed by atoms with E-state index in [2.05, 4.69) is 4.74 Å². The molecule has 126 valence electrons. The molecule has 1 rings (SSSR count). The molecule has 10 heteroatoms. The van der Waals surface area contributed by atoms with E-state index in [9.17, 15) is 22.0 Å². The first kappa shape index (κ1) is 20.7. The van der Waals surface area contributed by atoms with Crippen LogP contribution in [0.25, 0.3) is 0 Å². The highest BCUT2D eigenvalue weighted by molar-refractivity contribution is 7.89. The lowest BCUT2D eigenvalue weighted by atomic mass is 10.1. The van der Waals surface area contributed by atoms with Gasteiger partial charge in [0.05, 0.1) is 30.7 Å². The quantitative estimate of drug-likeness (QED) is 0.741. The Hall–Kier alpha value is -1.29. The summed E-state index contributed by atoms with van der Waals surface area (Å²) in [5, 5.41) is 0. The van der Waals surface area contributed by atoms with Gasteiger partial charge in [-0.2, -0.15) is 0 Å². The average molecular weight is 359 g/mol. The summed E-state index contributed by atoms with van der Waals surface area (Å²) in [7, 11) is -3.02. The Morgan fingerprint density at radius 2 is 2.00 bits per heavy atom. The lowest BCUT2D eigenvalue weighted by molar-refractivity contribution is 0.0170. The highest BCUT2D eigenvalue weighted by atomic mass is 35.5. The van der Waals surface area contributed by atoms with Crippen molar-refractivity contribution in [1.82, 2.24) is 4.72 Å². The molecule has 0 saturated heterocycles. The van der Waals surface area contributed by atoms with E-state index < -0.39 is 35.0 Å². The first-order valence-electron chi connectivity index (χ1n) is 5.89. The van der Waals surface area contributed by atoms with Gasteiger partial charge in [-0.25, -0.2) is 26.7 Å². The van der Waals surface area contributed by atoms with Crippen LogP contribution in [0.15, 0.2) is 23.1 Å². The van der Waals surface area contributed by atoms with Crippen LogP contribution in [0, 0.1) is 6.92 Å². The SMILES string of the molecule is COC(=O)c1cc(S(=O)(=O)NCC(F)(F)CN)ccc1C.Cl. The van der Waals surface area contributed by atoms with Crippen LogP contribution in [0.4, 0.5) is 8.78 Å². The van der Waals surface area contributed by atoms with E-state index in [0.29, 0.717) is 5.56 Å². The number of carbonyl (C=O) groups excluding carboxylic acids is 1. The average Bonchev–Trinajstić information content (AvgIpc) is 2.45. The van der Waals surface area contributed by atoms with E-state index in [4.69, 9.17) is 5.73 Å². The number of methoxy groups -OCH3 is 1. The number of carbonyl (C=O) groups is 1. The number of ether oxygens (including phenoxy) is 1. The van der Waals surface area contributed by atoms with Gasteiger partial charge in [0.25, 0.3) is 5.92 Å². The number of benzene rings is 1. The molecular formula is C12H17ClF2N2O4S. The van der Waals surface area contributed by atoms with Gasteiger partial charge in [-0.15, -0.1) is 12.4 Å². The van der Waals surface area contributed by atoms with Gasteiger partial charge in [0.2, 0.25) is 10.0 Å². The summed E-state index contributed by atoms with van der Waals surface area (Å²) in [6, 6.07) is 3.68. The lowest BCUT2D eigenvalue weighted by Gasteiger charge is -2.15. The Morgan fingerprint density at radius 3 is 2.50 bits per heavy atom. The zero-order chi connectivity index (χ0) is 16.3. The van der Waals surface area contributed by atoms with Crippen molar-refractivity contribution in [2.75, 3.05) is 20.2 Å². The van der Waals surface area contributed by atoms with E-state index in [1.807, 2.05) is 0 Å². The summed E-state index contributed by atoms with van der Waals surface area (Å²) in [5.41, 5.74) is 5.38. The molecule has 1 aromatic carbocycles. The second kappa shape index (κ2) is 7.82. The van der Waals surface area contributed by atoms with E-state index in [-0.39, 0.29) is 22.9 Å². The molecular weight excluding hydrogens is 342 g/mol. The smallest absolute Gasteiger partial charge is 0.338 e. The number of sulfonamides is 1. The molecule has 0 aliphatic heterocycles. The number of nitrogens with two attached hydrogens (primary N) is 1. The van der Waals surface area contributed by atoms with Crippen LogP contribution >= 0.6 is 12.4 Å². The van der Waals surface area contributed by atoms with E-state index in [1.165, 1.54) is 12.1 Å². The maximum atomic E-state index is 13.0. The summed E-state index contributed by atoms with van der Waals surface area (Å²) in [4.78, 5) is 11.2. The largest absolute Gasteiger partial charge is 0.465 e. The summed E-state index contributed by atoms with van der Waals surface area (Å²) in [5.74, 6) is -4.06. The van der Waals surface area contributed by atoms with Crippen LogP contribution in [0.1, 0.15) is 15.9 Å². The second-order valence-electron chi connectivity index (χ2n) is 4.35. The lowest BCUT2D eigenvalue weighted by Crippen LogP contribution is -2.41. The van der Waals surface area contributed by atoms with Crippen molar-refractivity contribution in [3.8, 4) is 0 Å². The number of alkyl halides is 2. The van der Waals surface area contributed by atoms with Crippen LogP contribution in [0.5, 0.6) is 0 Å². The van der Waals surface area contributed by atoms with Crippen LogP contribution < -0.4 is 10.5 Å². The highest BCUT2D eigenvalue weighted by Crippen LogP contribution is 2.17. The van der Waals surface area contributed by atoms with Crippen molar-refractivity contribution in [2.24, 2.45) is 5.73 Å². The Kier molecular flexibility index (Phi) is 7.36. The summed E-state index contributed by atoms with van der Waals surface area (Å²) in [6.45, 7) is -0.497. The number of nitrogens with one attached hydrogen (secondary N) is 1. The monoisotopic (exact) mass is 358 g/mol. The Labute approximate surface area is 133 Å². The fourth-order valence-corrected chi connectivity index (χ4v) is 2.54. The van der Waals surface area contributed by atoms with Crippen molar-refractivity contribution in [2.45, 2.75) is 17.7 Å². The van der Waals surface area contributed by atoms with Crippen LogP contribution in [0.3, 0.4) is 0 Å². The number of rotatable bonds is 6. The van der Waals surface area contributed by atoms with Gasteiger partial charge >= 0.3 is 5.97 Å². The predicted octanol–water partition coefficient (Wildman–Crippen LogP) is 1.08. The van der Waals surface area contributed by atoms with Gasteiger partial charge in [-0.05, 0) is 24.6 Å². The molecule has 0 amide bonds. The van der Waals surface area contributed by atoms with Crippen LogP contribution in [-0.4, -0.2) is 40.5 Å². The molecule has 22 heavy (non-hydrogen) atoms. The molecule has 0 atom stereocenters. The molecule has 0 aliphatic carbocycles. The topological polar surface area (TPSA) is 98.5 Å². The minimum absolute atomic E-state index is 0. The van der Waals surface area contributed by atoms with Gasteiger partial charge in [0.1, 0.15) is 0 Å². The fourth-order valence-electron chi connectivity index (χ4n) is 1.45. The maximum Gasteiger partial charge on any atom is 0.338 e. The molecule has 0 fully saturated rings. The Morgan fingerprint density at radius 1 is 1.41 bits per heavy atom. The molecule has 0 aliphatic rings. The predicted molar refractivity (Wildman–Crippen MR) is 79.0 cm³/mol. The van der Waals surface area contributed by atoms with Crippen LogP contribution in [-0.2, 0) is 14.8 Å². The second-order valence-corrected chi connectivity index (χ2v) is 6.12. The van der Waals surface area contributed by atoms with Crippen molar-refractivity contribution in [1.29, 1.82) is 0 Å². The third-order valence-electron chi connectivity index (χ3n) is 2.74. The van der Waals surface area contributed by atoms with Gasteiger partial charge in [-0.3, -0.25) is 0 Å². The van der Waals surface area contributed by atoms with E-state index >= 15 is 0 Å². The summed E-state index contributed by atoms with van der Waals surface area (Å²) < 4.78 is 56.1. The third kappa shape index (κ3) is 5.16. The number of halogens is 3. The molecule has 0 spiro atoms. The van der Waals surface area contributed by atoms with Crippen LogP contribution in [0.2, 0.25) is 0 Å². The van der Waals surface area contributed by atoms with Gasteiger partial charge < -0.3 is 10.5 Å². The molecule has 3 N–H and O–H groups in total. The molecule has 0 unspecified atom stereocenters. The van der Waals surface area contributed by atoms with Gasteiger partial charge in [0.15, 0.2) is 0 Å². The number of hydrogen-bond donors (Lipinski definition) is 2. The van der Waals surface area contributed by atoms with E-state index in [1.54, 1.807) is 11.6 Å². The zero-order valence-electron chi connectivity index (χ0n) is 11.9. The molecule has 6 nitrogen and oxygen atoms in total. The minimum Gasteiger partial charge on any atom is -0.465 e. The fraction of sp³-hybridized carbons (Fsp3) is 0.417. The van der Waals surface area contributed by atoms with Gasteiger partial charge in [0, 0.05) is 0 Å². The highest BCUT2D eigenvalue weighted by Gasteiger charge is 2.29. The molecule has 1 aromatic rings. The first-order chi connectivity index (χ1) is 9.63. The maximum absolute atomic E-state index is 13.0. The van der Waals surface area contributed by atoms with Crippen molar-refractivity contribution >= 4 is 28.4 Å². The molecule has 0 bridgehead atoms. The summed E-state index contributed by atoms with van der Waals surface area (Å²) >= 11 is 0. The van der Waals surface area contributed by atoms with Gasteiger partial charge in [-0.1, -0.05) is 6.07 Å².